The van der Waals surface area contributed by atoms with E-state index in [0.29, 0.717) is 11.9 Å². The average Bonchev–Trinajstić information content (AvgIpc) is 2.65. The van der Waals surface area contributed by atoms with Crippen molar-refractivity contribution in [1.29, 1.82) is 0 Å². The number of methoxy groups -OCH3 is 1. The van der Waals surface area contributed by atoms with Crippen LogP contribution in [0.15, 0.2) is 59.4 Å². The predicted octanol–water partition coefficient (Wildman–Crippen LogP) is 3.42. The number of rotatable bonds is 5. The fourth-order valence-electron chi connectivity index (χ4n) is 2.81. The van der Waals surface area contributed by atoms with Crippen LogP contribution in [0.25, 0.3) is 10.9 Å². The number of aromatic nitrogens is 1. The number of fused-ring (bicyclic) bond motifs is 1. The summed E-state index contributed by atoms with van der Waals surface area (Å²) in [5, 5.41) is 3.77. The highest BCUT2D eigenvalue weighted by Gasteiger charge is 2.17. The third-order valence-electron chi connectivity index (χ3n) is 4.23. The number of amides is 1. The molecule has 1 aromatic heterocycles. The highest BCUT2D eigenvalue weighted by Crippen LogP contribution is 2.20. The Morgan fingerprint density at radius 3 is 2.56 bits per heavy atom. The molecule has 0 aliphatic carbocycles. The zero-order valence-electron chi connectivity index (χ0n) is 14.2. The summed E-state index contributed by atoms with van der Waals surface area (Å²) in [7, 11) is 1.61. The van der Waals surface area contributed by atoms with Crippen molar-refractivity contribution in [3.05, 3.63) is 76.1 Å². The highest BCUT2D eigenvalue weighted by atomic mass is 16.5. The first-order valence-electron chi connectivity index (χ1n) is 8.19. The number of benzene rings is 2. The van der Waals surface area contributed by atoms with Crippen LogP contribution in [0, 0.1) is 0 Å². The minimum Gasteiger partial charge on any atom is -0.497 e. The summed E-state index contributed by atoms with van der Waals surface area (Å²) in [5.41, 5.74) is 1.41. The van der Waals surface area contributed by atoms with E-state index in [-0.39, 0.29) is 23.1 Å². The average molecular weight is 336 g/mol. The number of para-hydroxylation sites is 1. The van der Waals surface area contributed by atoms with Crippen molar-refractivity contribution in [2.75, 3.05) is 7.11 Å². The molecule has 2 aromatic carbocycles. The number of carbonyl (C=O) groups is 1. The summed E-state index contributed by atoms with van der Waals surface area (Å²) < 4.78 is 5.16. The first kappa shape index (κ1) is 16.8. The lowest BCUT2D eigenvalue weighted by Gasteiger charge is -2.17. The third kappa shape index (κ3) is 3.55. The fourth-order valence-corrected chi connectivity index (χ4v) is 2.81. The van der Waals surface area contributed by atoms with Crippen molar-refractivity contribution in [1.82, 2.24) is 10.3 Å². The van der Waals surface area contributed by atoms with E-state index in [0.717, 1.165) is 16.7 Å². The van der Waals surface area contributed by atoms with Crippen LogP contribution in [-0.2, 0) is 0 Å². The van der Waals surface area contributed by atoms with Gasteiger partial charge in [-0.15, -0.1) is 0 Å². The summed E-state index contributed by atoms with van der Waals surface area (Å²) in [6, 6.07) is 16.4. The Balaban J connectivity index is 1.86. The number of aromatic amines is 1. The topological polar surface area (TPSA) is 71.2 Å². The molecule has 1 heterocycles. The molecule has 5 heteroatoms. The van der Waals surface area contributed by atoms with Crippen LogP contribution in [0.1, 0.15) is 35.3 Å². The van der Waals surface area contributed by atoms with Crippen LogP contribution >= 0.6 is 0 Å². The van der Waals surface area contributed by atoms with Gasteiger partial charge in [-0.1, -0.05) is 37.3 Å². The molecule has 1 unspecified atom stereocenters. The molecule has 0 saturated carbocycles. The van der Waals surface area contributed by atoms with Gasteiger partial charge in [0, 0.05) is 5.52 Å². The second-order valence-corrected chi connectivity index (χ2v) is 5.81. The molecular formula is C20H20N2O3. The van der Waals surface area contributed by atoms with Gasteiger partial charge >= 0.3 is 0 Å². The number of ether oxygens (including phenoxy) is 1. The molecule has 2 N–H and O–H groups in total. The van der Waals surface area contributed by atoms with Crippen LogP contribution in [0.5, 0.6) is 5.75 Å². The zero-order chi connectivity index (χ0) is 17.8. The fraction of sp³-hybridized carbons (Fsp3) is 0.200. The molecule has 0 fully saturated rings. The van der Waals surface area contributed by atoms with Crippen molar-refractivity contribution >= 4 is 16.8 Å². The van der Waals surface area contributed by atoms with Crippen LogP contribution in [0.4, 0.5) is 0 Å². The first-order chi connectivity index (χ1) is 12.1. The molecule has 0 spiro atoms. The van der Waals surface area contributed by atoms with Crippen molar-refractivity contribution in [2.45, 2.75) is 19.4 Å². The summed E-state index contributed by atoms with van der Waals surface area (Å²) in [6.07, 6.45) is 0.712. The maximum absolute atomic E-state index is 12.6. The van der Waals surface area contributed by atoms with E-state index < -0.39 is 0 Å². The Kier molecular flexibility index (Phi) is 4.84. The van der Waals surface area contributed by atoms with E-state index in [4.69, 9.17) is 4.74 Å². The van der Waals surface area contributed by atoms with Gasteiger partial charge in [-0.05, 0) is 41.6 Å². The molecule has 0 aliphatic heterocycles. The van der Waals surface area contributed by atoms with E-state index in [2.05, 4.69) is 10.3 Å². The molecular weight excluding hydrogens is 316 g/mol. The largest absolute Gasteiger partial charge is 0.497 e. The Hall–Kier alpha value is -3.08. The van der Waals surface area contributed by atoms with E-state index >= 15 is 0 Å². The predicted molar refractivity (Wildman–Crippen MR) is 98.1 cm³/mol. The van der Waals surface area contributed by atoms with Gasteiger partial charge in [0.25, 0.3) is 11.5 Å². The minimum absolute atomic E-state index is 0.116. The quantitative estimate of drug-likeness (QED) is 0.750. The first-order valence-corrected chi connectivity index (χ1v) is 8.19. The van der Waals surface area contributed by atoms with Gasteiger partial charge in [0.2, 0.25) is 0 Å². The van der Waals surface area contributed by atoms with Crippen molar-refractivity contribution in [3.8, 4) is 5.75 Å². The van der Waals surface area contributed by atoms with Gasteiger partial charge in [-0.25, -0.2) is 0 Å². The highest BCUT2D eigenvalue weighted by molar-refractivity contribution is 5.97. The maximum atomic E-state index is 12.6. The normalized spacial score (nSPS) is 11.9. The minimum atomic E-state index is -0.388. The summed E-state index contributed by atoms with van der Waals surface area (Å²) >= 11 is 0. The van der Waals surface area contributed by atoms with E-state index in [9.17, 15) is 9.59 Å². The van der Waals surface area contributed by atoms with Gasteiger partial charge < -0.3 is 15.0 Å². The van der Waals surface area contributed by atoms with Crippen molar-refractivity contribution < 1.29 is 9.53 Å². The second kappa shape index (κ2) is 7.21. The Morgan fingerprint density at radius 1 is 1.16 bits per heavy atom. The molecule has 0 aliphatic rings. The van der Waals surface area contributed by atoms with Crippen LogP contribution in [0.3, 0.4) is 0 Å². The van der Waals surface area contributed by atoms with Gasteiger partial charge in [-0.3, -0.25) is 9.59 Å². The van der Waals surface area contributed by atoms with Crippen LogP contribution in [-0.4, -0.2) is 18.0 Å². The van der Waals surface area contributed by atoms with Gasteiger partial charge in [-0.2, -0.15) is 0 Å². The molecule has 1 amide bonds. The molecule has 25 heavy (non-hydrogen) atoms. The standard InChI is InChI=1S/C20H20N2O3/c1-3-17(13-8-10-15(25-2)11-9-13)21-19(23)16-12-14-6-4-5-7-18(14)22-20(16)24/h4-12,17H,3H2,1-2H3,(H,21,23)(H,22,24). The number of carbonyl (C=O) groups excluding carboxylic acids is 1. The Morgan fingerprint density at radius 2 is 1.88 bits per heavy atom. The van der Waals surface area contributed by atoms with E-state index in [1.807, 2.05) is 55.5 Å². The molecule has 3 aromatic rings. The molecule has 0 bridgehead atoms. The number of pyridine rings is 1. The van der Waals surface area contributed by atoms with Gasteiger partial charge in [0.15, 0.2) is 0 Å². The number of hydrogen-bond acceptors (Lipinski definition) is 3. The van der Waals surface area contributed by atoms with Crippen LogP contribution in [0.2, 0.25) is 0 Å². The molecule has 0 saturated heterocycles. The lowest BCUT2D eigenvalue weighted by atomic mass is 10.0. The molecule has 0 radical (unpaired) electrons. The molecule has 3 rings (SSSR count). The third-order valence-corrected chi connectivity index (χ3v) is 4.23. The Bertz CT molecular complexity index is 945. The van der Waals surface area contributed by atoms with Crippen molar-refractivity contribution in [2.24, 2.45) is 0 Å². The lowest BCUT2D eigenvalue weighted by molar-refractivity contribution is 0.0934. The summed E-state index contributed by atoms with van der Waals surface area (Å²) in [5.74, 6) is 0.380. The number of H-pyrrole nitrogens is 1. The SMILES string of the molecule is CCC(NC(=O)c1cc2ccccc2[nH]c1=O)c1ccc(OC)cc1. The van der Waals surface area contributed by atoms with Gasteiger partial charge in [0.05, 0.1) is 13.2 Å². The lowest BCUT2D eigenvalue weighted by Crippen LogP contribution is -2.32. The van der Waals surface area contributed by atoms with Gasteiger partial charge in [0.1, 0.15) is 11.3 Å². The smallest absolute Gasteiger partial charge is 0.261 e. The number of nitrogens with one attached hydrogen (secondary N) is 2. The summed E-state index contributed by atoms with van der Waals surface area (Å²) in [6.45, 7) is 1.99. The molecule has 128 valence electrons. The van der Waals surface area contributed by atoms with E-state index in [1.165, 1.54) is 0 Å². The van der Waals surface area contributed by atoms with E-state index in [1.54, 1.807) is 13.2 Å². The monoisotopic (exact) mass is 336 g/mol. The van der Waals surface area contributed by atoms with Crippen LogP contribution < -0.4 is 15.6 Å². The summed E-state index contributed by atoms with van der Waals surface area (Å²) in [4.78, 5) is 27.6. The molecule has 1 atom stereocenters. The molecule has 5 nitrogen and oxygen atoms in total. The zero-order valence-corrected chi connectivity index (χ0v) is 14.2. The number of hydrogen-bond donors (Lipinski definition) is 2. The second-order valence-electron chi connectivity index (χ2n) is 5.81. The van der Waals surface area contributed by atoms with Crippen molar-refractivity contribution in [3.63, 3.8) is 0 Å². The Labute approximate surface area is 145 Å². The maximum Gasteiger partial charge on any atom is 0.261 e.